The van der Waals surface area contributed by atoms with E-state index in [-0.39, 0.29) is 17.9 Å². The molecule has 3 N–H and O–H groups in total. The third-order valence-corrected chi connectivity index (χ3v) is 4.93. The number of rotatable bonds is 4. The second-order valence-electron chi connectivity index (χ2n) is 5.97. The average Bonchev–Trinajstić information content (AvgIpc) is 3.06. The molecule has 1 aromatic carbocycles. The van der Waals surface area contributed by atoms with Crippen LogP contribution in [-0.2, 0) is 11.3 Å². The van der Waals surface area contributed by atoms with Gasteiger partial charge in [0.2, 0.25) is 5.91 Å². The third-order valence-electron chi connectivity index (χ3n) is 4.93. The molecule has 0 radical (unpaired) electrons. The highest BCUT2D eigenvalue weighted by molar-refractivity contribution is 5.80. The van der Waals surface area contributed by atoms with Gasteiger partial charge in [-0.1, -0.05) is 18.2 Å². The molecule has 0 spiro atoms. The molecule has 0 saturated heterocycles. The highest BCUT2D eigenvalue weighted by atomic mass is 16.5. The van der Waals surface area contributed by atoms with Crippen molar-refractivity contribution in [3.05, 3.63) is 29.8 Å². The minimum Gasteiger partial charge on any atom is -0.496 e. The number of methoxy groups -OCH3 is 1. The second-order valence-corrected chi connectivity index (χ2v) is 5.97. The first-order valence-electron chi connectivity index (χ1n) is 7.36. The van der Waals surface area contributed by atoms with Crippen molar-refractivity contribution in [1.82, 2.24) is 5.32 Å². The first-order valence-corrected chi connectivity index (χ1v) is 7.36. The largest absolute Gasteiger partial charge is 0.496 e. The highest BCUT2D eigenvalue weighted by Crippen LogP contribution is 2.47. The molecule has 3 rings (SSSR count). The predicted molar refractivity (Wildman–Crippen MR) is 77.1 cm³/mol. The molecule has 20 heavy (non-hydrogen) atoms. The lowest BCUT2D eigenvalue weighted by Gasteiger charge is -2.27. The molecule has 4 atom stereocenters. The Morgan fingerprint density at radius 1 is 1.35 bits per heavy atom. The first kappa shape index (κ1) is 13.4. The van der Waals surface area contributed by atoms with E-state index in [0.717, 1.165) is 24.2 Å². The number of hydrogen-bond donors (Lipinski definition) is 2. The number of amides is 1. The van der Waals surface area contributed by atoms with Gasteiger partial charge in [0, 0.05) is 18.2 Å². The standard InChI is InChI=1S/C16H22N2O2/c1-20-13-5-3-2-4-12(13)9-18-16(19)14-10-6-7-11(8-10)15(14)17/h2-5,10-11,14-15H,6-9,17H2,1H3,(H,18,19). The number of carbonyl (C=O) groups excluding carboxylic acids is 1. The molecule has 2 bridgehead atoms. The minimum absolute atomic E-state index is 0.00320. The van der Waals surface area contributed by atoms with Gasteiger partial charge in [-0.3, -0.25) is 4.79 Å². The summed E-state index contributed by atoms with van der Waals surface area (Å²) in [7, 11) is 1.65. The van der Waals surface area contributed by atoms with Crippen molar-refractivity contribution in [2.45, 2.75) is 31.8 Å². The van der Waals surface area contributed by atoms with Crippen LogP contribution < -0.4 is 15.8 Å². The van der Waals surface area contributed by atoms with E-state index in [4.69, 9.17) is 10.5 Å². The van der Waals surface area contributed by atoms with Gasteiger partial charge in [-0.2, -0.15) is 0 Å². The molecule has 0 aromatic heterocycles. The maximum absolute atomic E-state index is 12.4. The van der Waals surface area contributed by atoms with E-state index in [1.807, 2.05) is 24.3 Å². The van der Waals surface area contributed by atoms with Crippen molar-refractivity contribution < 1.29 is 9.53 Å². The van der Waals surface area contributed by atoms with Crippen molar-refractivity contribution in [2.75, 3.05) is 7.11 Å². The summed E-state index contributed by atoms with van der Waals surface area (Å²) in [5.41, 5.74) is 7.20. The Morgan fingerprint density at radius 3 is 2.80 bits per heavy atom. The lowest BCUT2D eigenvalue weighted by Crippen LogP contribution is -2.45. The number of hydrogen-bond acceptors (Lipinski definition) is 3. The van der Waals surface area contributed by atoms with Crippen LogP contribution in [0.25, 0.3) is 0 Å². The van der Waals surface area contributed by atoms with Crippen LogP contribution in [-0.4, -0.2) is 19.1 Å². The van der Waals surface area contributed by atoms with Crippen molar-refractivity contribution in [1.29, 1.82) is 0 Å². The molecule has 108 valence electrons. The number of nitrogens with two attached hydrogens (primary N) is 1. The molecule has 4 heteroatoms. The fourth-order valence-corrected chi connectivity index (χ4v) is 3.87. The smallest absolute Gasteiger partial charge is 0.225 e. The third kappa shape index (κ3) is 2.29. The van der Waals surface area contributed by atoms with Crippen LogP contribution in [0.15, 0.2) is 24.3 Å². The Labute approximate surface area is 119 Å². The first-order chi connectivity index (χ1) is 9.70. The number of carbonyl (C=O) groups is 1. The van der Waals surface area contributed by atoms with E-state index in [0.29, 0.717) is 18.4 Å². The summed E-state index contributed by atoms with van der Waals surface area (Å²) in [6, 6.07) is 7.81. The van der Waals surface area contributed by atoms with Gasteiger partial charge in [0.1, 0.15) is 5.75 Å². The van der Waals surface area contributed by atoms with Crippen molar-refractivity contribution >= 4 is 5.91 Å². The number of benzene rings is 1. The van der Waals surface area contributed by atoms with Crippen LogP contribution in [0.4, 0.5) is 0 Å². The van der Waals surface area contributed by atoms with Crippen molar-refractivity contribution in [3.8, 4) is 5.75 Å². The maximum atomic E-state index is 12.4. The van der Waals surface area contributed by atoms with Crippen LogP contribution in [0.1, 0.15) is 24.8 Å². The van der Waals surface area contributed by atoms with Crippen molar-refractivity contribution in [3.63, 3.8) is 0 Å². The fraction of sp³-hybridized carbons (Fsp3) is 0.562. The van der Waals surface area contributed by atoms with Gasteiger partial charge in [-0.25, -0.2) is 0 Å². The summed E-state index contributed by atoms with van der Waals surface area (Å²) in [6.45, 7) is 0.503. The van der Waals surface area contributed by atoms with Gasteiger partial charge < -0.3 is 15.8 Å². The van der Waals surface area contributed by atoms with E-state index in [9.17, 15) is 4.79 Å². The fourth-order valence-electron chi connectivity index (χ4n) is 3.87. The molecule has 2 fully saturated rings. The predicted octanol–water partition coefficient (Wildman–Crippen LogP) is 1.68. The SMILES string of the molecule is COc1ccccc1CNC(=O)C1C2CCC(C2)C1N. The number of ether oxygens (including phenoxy) is 1. The van der Waals surface area contributed by atoms with E-state index in [1.54, 1.807) is 7.11 Å². The van der Waals surface area contributed by atoms with Crippen LogP contribution >= 0.6 is 0 Å². The lowest BCUT2D eigenvalue weighted by atomic mass is 9.84. The van der Waals surface area contributed by atoms with Gasteiger partial charge in [-0.05, 0) is 37.2 Å². The molecule has 0 heterocycles. The Bertz CT molecular complexity index is 501. The average molecular weight is 274 g/mol. The molecule has 1 amide bonds. The Morgan fingerprint density at radius 2 is 2.10 bits per heavy atom. The maximum Gasteiger partial charge on any atom is 0.225 e. The molecule has 4 nitrogen and oxygen atoms in total. The van der Waals surface area contributed by atoms with E-state index >= 15 is 0 Å². The lowest BCUT2D eigenvalue weighted by molar-refractivity contribution is -0.127. The molecular weight excluding hydrogens is 252 g/mol. The van der Waals surface area contributed by atoms with Crippen LogP contribution in [0.5, 0.6) is 5.75 Å². The quantitative estimate of drug-likeness (QED) is 0.878. The minimum atomic E-state index is 0.00320. The Hall–Kier alpha value is -1.55. The zero-order chi connectivity index (χ0) is 14.1. The Kier molecular flexibility index (Phi) is 3.66. The topological polar surface area (TPSA) is 64.3 Å². The second kappa shape index (κ2) is 5.44. The molecular formula is C16H22N2O2. The van der Waals surface area contributed by atoms with Gasteiger partial charge in [0.25, 0.3) is 0 Å². The summed E-state index contributed by atoms with van der Waals surface area (Å²) < 4.78 is 5.30. The van der Waals surface area contributed by atoms with E-state index < -0.39 is 0 Å². The summed E-state index contributed by atoms with van der Waals surface area (Å²) in [5, 5.41) is 3.03. The molecule has 4 unspecified atom stereocenters. The molecule has 0 aliphatic heterocycles. The van der Waals surface area contributed by atoms with Gasteiger partial charge in [0.05, 0.1) is 13.0 Å². The number of para-hydroxylation sites is 1. The van der Waals surface area contributed by atoms with Crippen LogP contribution in [0.2, 0.25) is 0 Å². The zero-order valence-electron chi connectivity index (χ0n) is 11.8. The van der Waals surface area contributed by atoms with Crippen molar-refractivity contribution in [2.24, 2.45) is 23.5 Å². The van der Waals surface area contributed by atoms with E-state index in [1.165, 1.54) is 6.42 Å². The highest BCUT2D eigenvalue weighted by Gasteiger charge is 2.48. The number of fused-ring (bicyclic) bond motifs is 2. The van der Waals surface area contributed by atoms with Gasteiger partial charge in [-0.15, -0.1) is 0 Å². The molecule has 2 aliphatic carbocycles. The van der Waals surface area contributed by atoms with Crippen LogP contribution in [0, 0.1) is 17.8 Å². The molecule has 1 aromatic rings. The summed E-state index contributed by atoms with van der Waals surface area (Å²) in [4.78, 5) is 12.4. The normalized spacial score (nSPS) is 31.3. The Balaban J connectivity index is 1.62. The molecule has 2 aliphatic rings. The summed E-state index contributed by atoms with van der Waals surface area (Å²) in [5.74, 6) is 1.97. The monoisotopic (exact) mass is 274 g/mol. The molecule has 2 saturated carbocycles. The van der Waals surface area contributed by atoms with Gasteiger partial charge in [0.15, 0.2) is 0 Å². The zero-order valence-corrected chi connectivity index (χ0v) is 11.8. The van der Waals surface area contributed by atoms with E-state index in [2.05, 4.69) is 5.32 Å². The van der Waals surface area contributed by atoms with Gasteiger partial charge >= 0.3 is 0 Å². The number of nitrogens with one attached hydrogen (secondary N) is 1. The summed E-state index contributed by atoms with van der Waals surface area (Å²) in [6.07, 6.45) is 3.49. The van der Waals surface area contributed by atoms with Crippen LogP contribution in [0.3, 0.4) is 0 Å². The summed E-state index contributed by atoms with van der Waals surface area (Å²) >= 11 is 0.